The molecule has 0 aliphatic rings. The van der Waals surface area contributed by atoms with Crippen molar-refractivity contribution in [3.63, 3.8) is 0 Å². The lowest BCUT2D eigenvalue weighted by Crippen LogP contribution is -1.94. The van der Waals surface area contributed by atoms with Gasteiger partial charge >= 0.3 is 0 Å². The molecule has 2 aromatic heterocycles. The van der Waals surface area contributed by atoms with Crippen molar-refractivity contribution in [1.82, 2.24) is 14.6 Å². The van der Waals surface area contributed by atoms with Crippen molar-refractivity contribution < 1.29 is 9.53 Å². The van der Waals surface area contributed by atoms with E-state index in [0.29, 0.717) is 18.0 Å². The summed E-state index contributed by atoms with van der Waals surface area (Å²) in [4.78, 5) is 16.6. The van der Waals surface area contributed by atoms with Crippen LogP contribution in [0.15, 0.2) is 24.3 Å². The highest BCUT2D eigenvalue weighted by atomic mass is 32.1. The van der Waals surface area contributed by atoms with Crippen LogP contribution in [0.25, 0.3) is 16.2 Å². The first-order valence-electron chi connectivity index (χ1n) is 6.27. The fourth-order valence-electron chi connectivity index (χ4n) is 2.05. The van der Waals surface area contributed by atoms with Crippen LogP contribution in [0.4, 0.5) is 0 Å². The Labute approximate surface area is 119 Å². The van der Waals surface area contributed by atoms with Gasteiger partial charge in [0.2, 0.25) is 4.96 Å². The molecule has 3 rings (SSSR count). The molecule has 0 atom stereocenters. The summed E-state index contributed by atoms with van der Waals surface area (Å²) in [6.07, 6.45) is 0.797. The van der Waals surface area contributed by atoms with Gasteiger partial charge in [0.1, 0.15) is 22.1 Å². The lowest BCUT2D eigenvalue weighted by atomic mass is 10.1. The molecule has 1 aromatic carbocycles. The number of rotatable bonds is 4. The van der Waals surface area contributed by atoms with E-state index >= 15 is 0 Å². The summed E-state index contributed by atoms with van der Waals surface area (Å²) in [5.74, 6) is 0.805. The van der Waals surface area contributed by atoms with Gasteiger partial charge in [0, 0.05) is 5.56 Å². The molecular formula is C14H13N3O2S. The lowest BCUT2D eigenvalue weighted by molar-refractivity contribution is 0.111. The molecule has 2 heterocycles. The summed E-state index contributed by atoms with van der Waals surface area (Å²) >= 11 is 1.47. The number of carbonyl (C=O) groups excluding carboxylic acids is 1. The summed E-state index contributed by atoms with van der Waals surface area (Å²) in [5, 5.41) is 5.18. The van der Waals surface area contributed by atoms with E-state index in [4.69, 9.17) is 4.74 Å². The normalized spacial score (nSPS) is 10.9. The number of imidazole rings is 1. The van der Waals surface area contributed by atoms with Gasteiger partial charge in [-0.25, -0.2) is 4.98 Å². The van der Waals surface area contributed by atoms with Gasteiger partial charge in [0.15, 0.2) is 6.29 Å². The molecule has 0 N–H and O–H groups in total. The molecule has 5 nitrogen and oxygen atoms in total. The minimum atomic E-state index is 0.480. The Balaban J connectivity index is 2.08. The zero-order valence-corrected chi connectivity index (χ0v) is 12.0. The highest BCUT2D eigenvalue weighted by molar-refractivity contribution is 7.16. The van der Waals surface area contributed by atoms with Crippen molar-refractivity contribution in [2.45, 2.75) is 13.8 Å². The van der Waals surface area contributed by atoms with Crippen LogP contribution in [0, 0.1) is 6.92 Å². The second-order valence-corrected chi connectivity index (χ2v) is 5.40. The van der Waals surface area contributed by atoms with E-state index in [1.807, 2.05) is 38.1 Å². The summed E-state index contributed by atoms with van der Waals surface area (Å²) in [5.41, 5.74) is 2.02. The molecule has 20 heavy (non-hydrogen) atoms. The Morgan fingerprint density at radius 1 is 1.35 bits per heavy atom. The Kier molecular flexibility index (Phi) is 3.23. The molecule has 0 bridgehead atoms. The number of benzene rings is 1. The molecule has 0 amide bonds. The molecule has 0 spiro atoms. The third-order valence-corrected chi connectivity index (χ3v) is 3.71. The zero-order chi connectivity index (χ0) is 14.1. The molecule has 0 aliphatic carbocycles. The Morgan fingerprint density at radius 2 is 2.10 bits per heavy atom. The molecule has 0 radical (unpaired) electrons. The van der Waals surface area contributed by atoms with E-state index in [0.717, 1.165) is 27.6 Å². The first-order valence-corrected chi connectivity index (χ1v) is 7.09. The van der Waals surface area contributed by atoms with Crippen molar-refractivity contribution in [3.05, 3.63) is 35.0 Å². The van der Waals surface area contributed by atoms with Gasteiger partial charge in [-0.3, -0.25) is 4.79 Å². The fraction of sp³-hybridized carbons (Fsp3) is 0.214. The van der Waals surface area contributed by atoms with E-state index in [9.17, 15) is 4.79 Å². The summed E-state index contributed by atoms with van der Waals surface area (Å²) in [6.45, 7) is 4.46. The smallest absolute Gasteiger partial charge is 0.213 e. The SMILES string of the molecule is CCOc1ccc(-c2nc3sc(C)nn3c2C=O)cc1. The number of ether oxygens (including phenoxy) is 1. The maximum absolute atomic E-state index is 11.3. The fourth-order valence-corrected chi connectivity index (χ4v) is 2.80. The van der Waals surface area contributed by atoms with Gasteiger partial charge in [-0.2, -0.15) is 9.61 Å². The standard InChI is InChI=1S/C14H13N3O2S/c1-3-19-11-6-4-10(5-7-11)13-12(8-18)17-14(15-13)20-9(2)16-17/h4-8H,3H2,1-2H3. The molecule has 0 saturated heterocycles. The third kappa shape index (κ3) is 2.08. The number of aldehydes is 1. The third-order valence-electron chi connectivity index (χ3n) is 2.89. The highest BCUT2D eigenvalue weighted by Crippen LogP contribution is 2.27. The number of hydrogen-bond donors (Lipinski definition) is 0. The number of fused-ring (bicyclic) bond motifs is 1. The summed E-state index contributed by atoms with van der Waals surface area (Å²) in [6, 6.07) is 7.55. The molecule has 6 heteroatoms. The van der Waals surface area contributed by atoms with Crippen molar-refractivity contribution in [3.8, 4) is 17.0 Å². The van der Waals surface area contributed by atoms with Crippen LogP contribution in [0.1, 0.15) is 22.4 Å². The number of aryl methyl sites for hydroxylation is 1. The van der Waals surface area contributed by atoms with Crippen LogP contribution < -0.4 is 4.74 Å². The van der Waals surface area contributed by atoms with Crippen LogP contribution in [-0.2, 0) is 0 Å². The van der Waals surface area contributed by atoms with Crippen molar-refractivity contribution in [2.75, 3.05) is 6.61 Å². The monoisotopic (exact) mass is 287 g/mol. The second kappa shape index (κ2) is 5.05. The van der Waals surface area contributed by atoms with E-state index in [1.165, 1.54) is 11.3 Å². The van der Waals surface area contributed by atoms with Crippen molar-refractivity contribution >= 4 is 22.6 Å². The Hall–Kier alpha value is -2.21. The Morgan fingerprint density at radius 3 is 2.75 bits per heavy atom. The lowest BCUT2D eigenvalue weighted by Gasteiger charge is -2.03. The molecule has 3 aromatic rings. The Bertz CT molecular complexity index is 759. The number of hydrogen-bond acceptors (Lipinski definition) is 5. The minimum Gasteiger partial charge on any atom is -0.494 e. The number of carbonyl (C=O) groups is 1. The molecule has 102 valence electrons. The molecule has 0 fully saturated rings. The van der Waals surface area contributed by atoms with E-state index in [1.54, 1.807) is 4.52 Å². The predicted molar refractivity (Wildman–Crippen MR) is 77.6 cm³/mol. The average Bonchev–Trinajstić information content (AvgIpc) is 2.95. The van der Waals surface area contributed by atoms with Crippen LogP contribution in [0.2, 0.25) is 0 Å². The van der Waals surface area contributed by atoms with E-state index in [-0.39, 0.29) is 0 Å². The maximum Gasteiger partial charge on any atom is 0.213 e. The number of nitrogens with zero attached hydrogens (tertiary/aromatic N) is 3. The first kappa shape index (κ1) is 12.8. The molecule has 0 unspecified atom stereocenters. The maximum atomic E-state index is 11.3. The van der Waals surface area contributed by atoms with Gasteiger partial charge in [0.25, 0.3) is 0 Å². The molecule has 0 saturated carbocycles. The molecule has 0 aliphatic heterocycles. The quantitative estimate of drug-likeness (QED) is 0.692. The second-order valence-electron chi connectivity index (χ2n) is 4.24. The number of aromatic nitrogens is 3. The first-order chi connectivity index (χ1) is 9.72. The van der Waals surface area contributed by atoms with E-state index < -0.39 is 0 Å². The summed E-state index contributed by atoms with van der Waals surface area (Å²) in [7, 11) is 0. The van der Waals surface area contributed by atoms with Crippen molar-refractivity contribution in [2.24, 2.45) is 0 Å². The van der Waals surface area contributed by atoms with Gasteiger partial charge in [-0.15, -0.1) is 0 Å². The predicted octanol–water partition coefficient (Wildman–Crippen LogP) is 2.98. The van der Waals surface area contributed by atoms with Gasteiger partial charge in [-0.1, -0.05) is 11.3 Å². The largest absolute Gasteiger partial charge is 0.494 e. The van der Waals surface area contributed by atoms with E-state index in [2.05, 4.69) is 10.1 Å². The minimum absolute atomic E-state index is 0.480. The van der Waals surface area contributed by atoms with Crippen LogP contribution in [-0.4, -0.2) is 27.5 Å². The average molecular weight is 287 g/mol. The topological polar surface area (TPSA) is 56.5 Å². The van der Waals surface area contributed by atoms with Gasteiger partial charge in [0.05, 0.1) is 6.61 Å². The zero-order valence-electron chi connectivity index (χ0n) is 11.2. The summed E-state index contributed by atoms with van der Waals surface area (Å²) < 4.78 is 7.00. The van der Waals surface area contributed by atoms with Gasteiger partial charge < -0.3 is 4.74 Å². The van der Waals surface area contributed by atoms with Crippen LogP contribution in [0.5, 0.6) is 5.75 Å². The highest BCUT2D eigenvalue weighted by Gasteiger charge is 2.16. The van der Waals surface area contributed by atoms with Gasteiger partial charge in [-0.05, 0) is 38.1 Å². The van der Waals surface area contributed by atoms with Crippen LogP contribution in [0.3, 0.4) is 0 Å². The van der Waals surface area contributed by atoms with Crippen LogP contribution >= 0.6 is 11.3 Å². The van der Waals surface area contributed by atoms with Crippen molar-refractivity contribution in [1.29, 1.82) is 0 Å². The molecular weight excluding hydrogens is 274 g/mol.